The molecule has 0 aliphatic carbocycles. The van der Waals surface area contributed by atoms with Crippen LogP contribution in [0.5, 0.6) is 5.75 Å². The van der Waals surface area contributed by atoms with Crippen molar-refractivity contribution in [2.24, 2.45) is 0 Å². The van der Waals surface area contributed by atoms with Gasteiger partial charge in [0.05, 0.1) is 30.7 Å². The molecule has 3 rings (SSSR count). The zero-order valence-electron chi connectivity index (χ0n) is 15.8. The van der Waals surface area contributed by atoms with Crippen molar-refractivity contribution < 1.29 is 22.3 Å². The fraction of sp³-hybridized carbons (Fsp3) is 0.0500. The van der Waals surface area contributed by atoms with Crippen molar-refractivity contribution in [3.05, 3.63) is 80.5 Å². The molecule has 0 unspecified atom stereocenters. The average molecular weight is 538 g/mol. The molecule has 1 amide bonds. The average Bonchev–Trinajstić information content (AvgIpc) is 2.72. The maximum atomic E-state index is 13.0. The van der Waals surface area contributed by atoms with Gasteiger partial charge in [0.2, 0.25) is 0 Å². The number of halogens is 5. The van der Waals surface area contributed by atoms with Crippen LogP contribution in [0.3, 0.4) is 0 Å². The maximum absolute atomic E-state index is 13.0. The van der Waals surface area contributed by atoms with Crippen LogP contribution in [0.2, 0.25) is 20.1 Å². The van der Waals surface area contributed by atoms with E-state index >= 15 is 0 Å². The van der Waals surface area contributed by atoms with Gasteiger partial charge in [0.1, 0.15) is 11.6 Å². The quantitative estimate of drug-likeness (QED) is 0.348. The van der Waals surface area contributed by atoms with E-state index in [1.54, 1.807) is 0 Å². The largest absolute Gasteiger partial charge is 0.482 e. The number of nitrogens with one attached hydrogen (secondary N) is 2. The lowest BCUT2D eigenvalue weighted by atomic mass is 10.3. The topological polar surface area (TPSA) is 84.5 Å². The number of benzene rings is 3. The standard InChI is InChI=1S/C20H13Cl4FN2O4S/c21-14-8-16(23)18(9-15(14)22)26-20(28)10-31-19-6-5-13(7-17(19)24)32(29,30)27-12-3-1-11(25)2-4-12/h1-9,27H,10H2,(H,26,28). The van der Waals surface area contributed by atoms with E-state index < -0.39 is 28.4 Å². The Hall–Kier alpha value is -2.23. The van der Waals surface area contributed by atoms with E-state index in [9.17, 15) is 17.6 Å². The van der Waals surface area contributed by atoms with Gasteiger partial charge >= 0.3 is 0 Å². The molecule has 2 N–H and O–H groups in total. The fourth-order valence-electron chi connectivity index (χ4n) is 2.45. The van der Waals surface area contributed by atoms with Crippen molar-refractivity contribution in [3.8, 4) is 5.75 Å². The molecule has 32 heavy (non-hydrogen) atoms. The normalized spacial score (nSPS) is 11.2. The lowest BCUT2D eigenvalue weighted by Crippen LogP contribution is -2.20. The fourth-order valence-corrected chi connectivity index (χ4v) is 4.42. The van der Waals surface area contributed by atoms with Crippen LogP contribution in [0.15, 0.2) is 59.5 Å². The third kappa shape index (κ3) is 6.17. The van der Waals surface area contributed by atoms with Gasteiger partial charge in [-0.3, -0.25) is 9.52 Å². The summed E-state index contributed by atoms with van der Waals surface area (Å²) in [4.78, 5) is 12.0. The van der Waals surface area contributed by atoms with E-state index in [4.69, 9.17) is 51.1 Å². The van der Waals surface area contributed by atoms with Crippen molar-refractivity contribution in [1.82, 2.24) is 0 Å². The summed E-state index contributed by atoms with van der Waals surface area (Å²) >= 11 is 23.9. The Balaban J connectivity index is 1.65. The van der Waals surface area contributed by atoms with Crippen molar-refractivity contribution in [2.75, 3.05) is 16.6 Å². The highest BCUT2D eigenvalue weighted by atomic mass is 35.5. The zero-order valence-corrected chi connectivity index (χ0v) is 19.7. The van der Waals surface area contributed by atoms with Crippen LogP contribution >= 0.6 is 46.4 Å². The van der Waals surface area contributed by atoms with E-state index in [0.29, 0.717) is 0 Å². The first-order chi connectivity index (χ1) is 15.0. The van der Waals surface area contributed by atoms with Gasteiger partial charge in [-0.2, -0.15) is 0 Å². The van der Waals surface area contributed by atoms with Crippen LogP contribution in [0.1, 0.15) is 0 Å². The molecule has 0 heterocycles. The Morgan fingerprint density at radius 2 is 1.53 bits per heavy atom. The number of amides is 1. The predicted molar refractivity (Wildman–Crippen MR) is 124 cm³/mol. The first kappa shape index (κ1) is 24.4. The van der Waals surface area contributed by atoms with E-state index in [1.165, 1.54) is 36.4 Å². The molecule has 3 aromatic carbocycles. The van der Waals surface area contributed by atoms with Gasteiger partial charge in [0.25, 0.3) is 15.9 Å². The van der Waals surface area contributed by atoms with E-state index in [-0.39, 0.29) is 42.1 Å². The molecule has 0 fully saturated rings. The van der Waals surface area contributed by atoms with Crippen LogP contribution in [-0.4, -0.2) is 20.9 Å². The van der Waals surface area contributed by atoms with Crippen molar-refractivity contribution in [3.63, 3.8) is 0 Å². The molecule has 0 aromatic heterocycles. The molecule has 6 nitrogen and oxygen atoms in total. The van der Waals surface area contributed by atoms with Gasteiger partial charge in [0.15, 0.2) is 6.61 Å². The number of rotatable bonds is 7. The second kappa shape index (κ2) is 10.1. The van der Waals surface area contributed by atoms with Crippen LogP contribution in [-0.2, 0) is 14.8 Å². The Morgan fingerprint density at radius 3 is 2.19 bits per heavy atom. The van der Waals surface area contributed by atoms with Crippen LogP contribution < -0.4 is 14.8 Å². The Bertz CT molecular complexity index is 1270. The van der Waals surface area contributed by atoms with Crippen LogP contribution in [0.4, 0.5) is 15.8 Å². The Labute approximate surface area is 203 Å². The van der Waals surface area contributed by atoms with Crippen LogP contribution in [0.25, 0.3) is 0 Å². The van der Waals surface area contributed by atoms with E-state index in [2.05, 4.69) is 10.0 Å². The molecule has 0 spiro atoms. The highest BCUT2D eigenvalue weighted by molar-refractivity contribution is 7.92. The highest BCUT2D eigenvalue weighted by Crippen LogP contribution is 2.32. The van der Waals surface area contributed by atoms with Crippen molar-refractivity contribution in [1.29, 1.82) is 0 Å². The summed E-state index contributed by atoms with van der Waals surface area (Å²) in [5.74, 6) is -0.971. The Morgan fingerprint density at radius 1 is 0.875 bits per heavy atom. The minimum Gasteiger partial charge on any atom is -0.482 e. The van der Waals surface area contributed by atoms with E-state index in [1.807, 2.05) is 0 Å². The SMILES string of the molecule is O=C(COc1ccc(S(=O)(=O)Nc2ccc(F)cc2)cc1Cl)Nc1cc(Cl)c(Cl)cc1Cl. The van der Waals surface area contributed by atoms with Crippen molar-refractivity contribution in [2.45, 2.75) is 4.90 Å². The molecule has 168 valence electrons. The lowest BCUT2D eigenvalue weighted by Gasteiger charge is -2.12. The predicted octanol–water partition coefficient (Wildman–Crippen LogP) is 6.26. The first-order valence-corrected chi connectivity index (χ1v) is 11.7. The lowest BCUT2D eigenvalue weighted by molar-refractivity contribution is -0.118. The summed E-state index contributed by atoms with van der Waals surface area (Å²) in [6.45, 7) is -0.434. The molecule has 0 radical (unpaired) electrons. The molecule has 0 saturated carbocycles. The minimum absolute atomic E-state index is 0.0349. The third-order valence-electron chi connectivity index (χ3n) is 3.95. The van der Waals surface area contributed by atoms with Gasteiger partial charge in [-0.05, 0) is 54.6 Å². The minimum atomic E-state index is -3.98. The summed E-state index contributed by atoms with van der Waals surface area (Å²) in [5, 5.41) is 3.12. The molecule has 0 aliphatic rings. The maximum Gasteiger partial charge on any atom is 0.262 e. The van der Waals surface area contributed by atoms with Crippen LogP contribution in [0, 0.1) is 5.82 Å². The summed E-state index contributed by atoms with van der Waals surface area (Å²) in [7, 11) is -3.98. The smallest absolute Gasteiger partial charge is 0.262 e. The zero-order chi connectivity index (χ0) is 23.5. The van der Waals surface area contributed by atoms with Gasteiger partial charge in [0, 0.05) is 5.69 Å². The number of sulfonamides is 1. The molecule has 0 bridgehead atoms. The monoisotopic (exact) mass is 536 g/mol. The van der Waals surface area contributed by atoms with Crippen molar-refractivity contribution >= 4 is 73.7 Å². The number of carbonyl (C=O) groups excluding carboxylic acids is 1. The first-order valence-electron chi connectivity index (χ1n) is 8.70. The number of hydrogen-bond acceptors (Lipinski definition) is 4. The molecule has 0 aliphatic heterocycles. The molecule has 0 saturated heterocycles. The van der Waals surface area contributed by atoms with Gasteiger partial charge in [-0.25, -0.2) is 12.8 Å². The second-order valence-corrected chi connectivity index (χ2v) is 9.60. The molecule has 12 heteroatoms. The summed E-state index contributed by atoms with van der Waals surface area (Å²) in [6, 6.07) is 11.3. The summed E-state index contributed by atoms with van der Waals surface area (Å²) in [6.07, 6.45) is 0. The van der Waals surface area contributed by atoms with Gasteiger partial charge < -0.3 is 10.1 Å². The molecular weight excluding hydrogens is 525 g/mol. The number of anilines is 2. The number of carbonyl (C=O) groups is 1. The second-order valence-electron chi connectivity index (χ2n) is 6.29. The molecule has 3 aromatic rings. The summed E-state index contributed by atoms with van der Waals surface area (Å²) < 4.78 is 45.7. The third-order valence-corrected chi connectivity index (χ3v) is 6.66. The highest BCUT2D eigenvalue weighted by Gasteiger charge is 2.17. The summed E-state index contributed by atoms with van der Waals surface area (Å²) in [5.41, 5.74) is 0.426. The Kier molecular flexibility index (Phi) is 7.74. The number of ether oxygens (including phenoxy) is 1. The number of hydrogen-bond donors (Lipinski definition) is 2. The van der Waals surface area contributed by atoms with Gasteiger partial charge in [-0.1, -0.05) is 46.4 Å². The van der Waals surface area contributed by atoms with Gasteiger partial charge in [-0.15, -0.1) is 0 Å². The van der Waals surface area contributed by atoms with E-state index in [0.717, 1.165) is 18.2 Å². The molecular formula is C20H13Cl4FN2O4S. The molecule has 0 atom stereocenters.